The van der Waals surface area contributed by atoms with Gasteiger partial charge in [-0.25, -0.2) is 9.18 Å². The second-order valence-electron chi connectivity index (χ2n) is 4.51. The third-order valence-corrected chi connectivity index (χ3v) is 3.75. The van der Waals surface area contributed by atoms with Gasteiger partial charge in [0.15, 0.2) is 0 Å². The molecule has 0 atom stereocenters. The monoisotopic (exact) mass is 354 g/mol. The normalized spacial score (nSPS) is 10.5. The van der Waals surface area contributed by atoms with Gasteiger partial charge in [0.25, 0.3) is 5.91 Å². The fraction of sp³-hybridized carbons (Fsp3) is 0.143. The third-order valence-electron chi connectivity index (χ3n) is 3.06. The van der Waals surface area contributed by atoms with E-state index in [1.165, 1.54) is 18.2 Å². The molecule has 2 rings (SSSR count). The molecule has 0 spiro atoms. The lowest BCUT2D eigenvalue weighted by Gasteiger charge is -2.08. The summed E-state index contributed by atoms with van der Waals surface area (Å²) >= 11 is 3.21. The second-order valence-corrected chi connectivity index (χ2v) is 5.36. The molecule has 3 N–H and O–H groups in total. The molecule has 0 aliphatic heterocycles. The molecule has 7 heteroatoms. The van der Waals surface area contributed by atoms with E-state index in [1.807, 2.05) is 0 Å². The Kier molecular flexibility index (Phi) is 4.13. The Labute approximate surface area is 128 Å². The average Bonchev–Trinajstić information content (AvgIpc) is 2.69. The van der Waals surface area contributed by atoms with Gasteiger partial charge in [-0.3, -0.25) is 4.79 Å². The first-order chi connectivity index (χ1) is 9.81. The Balaban J connectivity index is 2.37. The molecule has 0 aliphatic rings. The number of rotatable bonds is 3. The minimum atomic E-state index is -1.14. The van der Waals surface area contributed by atoms with Gasteiger partial charge in [0.2, 0.25) is 0 Å². The Bertz CT molecular complexity index is 740. The first kappa shape index (κ1) is 15.2. The number of carboxylic acid groups (broad SMARTS) is 1. The van der Waals surface area contributed by atoms with Gasteiger partial charge in [0, 0.05) is 10.2 Å². The minimum Gasteiger partial charge on any atom is -0.477 e. The molecule has 1 heterocycles. The summed E-state index contributed by atoms with van der Waals surface area (Å²) in [5, 5.41) is 11.6. The number of amides is 1. The maximum atomic E-state index is 13.2. The fourth-order valence-electron chi connectivity index (χ4n) is 2.08. The van der Waals surface area contributed by atoms with Crippen LogP contribution >= 0.6 is 15.9 Å². The van der Waals surface area contributed by atoms with E-state index in [2.05, 4.69) is 26.2 Å². The molecule has 0 saturated carbocycles. The topological polar surface area (TPSA) is 82.2 Å². The first-order valence-electron chi connectivity index (χ1n) is 6.00. The van der Waals surface area contributed by atoms with Crippen LogP contribution in [-0.4, -0.2) is 22.0 Å². The number of carbonyl (C=O) groups is 2. The van der Waals surface area contributed by atoms with Crippen LogP contribution in [0.2, 0.25) is 0 Å². The number of benzene rings is 1. The summed E-state index contributed by atoms with van der Waals surface area (Å²) in [5.41, 5.74) is 1.26. The molecule has 0 radical (unpaired) electrons. The van der Waals surface area contributed by atoms with Crippen LogP contribution in [0, 0.1) is 19.7 Å². The minimum absolute atomic E-state index is 0.0315. The maximum Gasteiger partial charge on any atom is 0.352 e. The highest BCUT2D eigenvalue weighted by Crippen LogP contribution is 2.25. The van der Waals surface area contributed by atoms with Crippen LogP contribution < -0.4 is 5.32 Å². The molecule has 1 aromatic heterocycles. The molecular formula is C14H12BrFN2O3. The van der Waals surface area contributed by atoms with Gasteiger partial charge < -0.3 is 15.4 Å². The van der Waals surface area contributed by atoms with Crippen molar-refractivity contribution in [3.63, 3.8) is 0 Å². The largest absolute Gasteiger partial charge is 0.477 e. The first-order valence-corrected chi connectivity index (χ1v) is 6.79. The molecule has 0 bridgehead atoms. The number of carbonyl (C=O) groups excluding carboxylic acids is 1. The van der Waals surface area contributed by atoms with Crippen LogP contribution in [0.4, 0.5) is 10.1 Å². The van der Waals surface area contributed by atoms with Crippen molar-refractivity contribution >= 4 is 33.5 Å². The number of anilines is 1. The summed E-state index contributed by atoms with van der Waals surface area (Å²) in [4.78, 5) is 26.0. The van der Waals surface area contributed by atoms with Crippen LogP contribution in [0.15, 0.2) is 22.7 Å². The van der Waals surface area contributed by atoms with E-state index in [0.717, 1.165) is 0 Å². The number of aromatic nitrogens is 1. The Hall–Kier alpha value is -2.15. The molecule has 1 amide bonds. The number of aryl methyl sites for hydroxylation is 1. The zero-order valence-corrected chi connectivity index (χ0v) is 12.8. The van der Waals surface area contributed by atoms with Gasteiger partial charge in [-0.2, -0.15) is 0 Å². The van der Waals surface area contributed by atoms with Crippen molar-refractivity contribution in [3.8, 4) is 0 Å². The van der Waals surface area contributed by atoms with Crippen molar-refractivity contribution in [3.05, 3.63) is 51.0 Å². The van der Waals surface area contributed by atoms with Crippen molar-refractivity contribution in [1.82, 2.24) is 4.98 Å². The van der Waals surface area contributed by atoms with E-state index >= 15 is 0 Å². The predicted octanol–water partition coefficient (Wildman–Crippen LogP) is 3.48. The van der Waals surface area contributed by atoms with Crippen molar-refractivity contribution in [2.24, 2.45) is 0 Å². The average molecular weight is 355 g/mol. The summed E-state index contributed by atoms with van der Waals surface area (Å²) in [6, 6.07) is 3.91. The highest BCUT2D eigenvalue weighted by Gasteiger charge is 2.22. The van der Waals surface area contributed by atoms with Crippen molar-refractivity contribution in [1.29, 1.82) is 0 Å². The lowest BCUT2D eigenvalue weighted by molar-refractivity contribution is 0.0690. The van der Waals surface area contributed by atoms with E-state index in [4.69, 9.17) is 5.11 Å². The van der Waals surface area contributed by atoms with Gasteiger partial charge in [-0.15, -0.1) is 0 Å². The Morgan fingerprint density at radius 1 is 1.33 bits per heavy atom. The van der Waals surface area contributed by atoms with Crippen LogP contribution in [0.3, 0.4) is 0 Å². The standard InChI is InChI=1S/C14H12BrFN2O3/c1-6-11(7(2)17-12(6)14(20)21)13(19)18-10-5-8(16)3-4-9(10)15/h3-5,17H,1-2H3,(H,18,19)(H,20,21). The van der Waals surface area contributed by atoms with Crippen LogP contribution in [0.1, 0.15) is 32.1 Å². The summed E-state index contributed by atoms with van der Waals surface area (Å²) in [5.74, 6) is -2.12. The second kappa shape index (κ2) is 5.69. The van der Waals surface area contributed by atoms with E-state index in [9.17, 15) is 14.0 Å². The third kappa shape index (κ3) is 2.97. The predicted molar refractivity (Wildman–Crippen MR) is 79.3 cm³/mol. The van der Waals surface area contributed by atoms with E-state index in [-0.39, 0.29) is 16.9 Å². The number of H-pyrrole nitrogens is 1. The van der Waals surface area contributed by atoms with Gasteiger partial charge in [0.1, 0.15) is 11.5 Å². The van der Waals surface area contributed by atoms with E-state index in [0.29, 0.717) is 15.7 Å². The van der Waals surface area contributed by atoms with Crippen molar-refractivity contribution < 1.29 is 19.1 Å². The highest BCUT2D eigenvalue weighted by molar-refractivity contribution is 9.10. The number of hydrogen-bond donors (Lipinski definition) is 3. The van der Waals surface area contributed by atoms with Crippen LogP contribution in [-0.2, 0) is 0 Å². The zero-order chi connectivity index (χ0) is 15.7. The molecule has 1 aromatic carbocycles. The molecule has 21 heavy (non-hydrogen) atoms. The van der Waals surface area contributed by atoms with E-state index in [1.54, 1.807) is 13.8 Å². The zero-order valence-electron chi connectivity index (χ0n) is 11.3. The number of aromatic amines is 1. The molecule has 0 fully saturated rings. The molecule has 5 nitrogen and oxygen atoms in total. The molecule has 2 aromatic rings. The van der Waals surface area contributed by atoms with Gasteiger partial charge in [-0.1, -0.05) is 0 Å². The Morgan fingerprint density at radius 3 is 2.57 bits per heavy atom. The summed E-state index contributed by atoms with van der Waals surface area (Å²) < 4.78 is 13.7. The van der Waals surface area contributed by atoms with E-state index < -0.39 is 17.7 Å². The van der Waals surface area contributed by atoms with Crippen LogP contribution in [0.5, 0.6) is 0 Å². The molecular weight excluding hydrogens is 343 g/mol. The van der Waals surface area contributed by atoms with Gasteiger partial charge in [-0.05, 0) is 53.5 Å². The molecule has 0 aliphatic carbocycles. The summed E-state index contributed by atoms with van der Waals surface area (Å²) in [6.45, 7) is 3.15. The summed E-state index contributed by atoms with van der Waals surface area (Å²) in [7, 11) is 0. The lowest BCUT2D eigenvalue weighted by atomic mass is 10.1. The fourth-order valence-corrected chi connectivity index (χ4v) is 2.43. The quantitative estimate of drug-likeness (QED) is 0.788. The summed E-state index contributed by atoms with van der Waals surface area (Å²) in [6.07, 6.45) is 0. The molecule has 0 saturated heterocycles. The molecule has 0 unspecified atom stereocenters. The maximum absolute atomic E-state index is 13.2. The Morgan fingerprint density at radius 2 is 2.00 bits per heavy atom. The van der Waals surface area contributed by atoms with Crippen molar-refractivity contribution in [2.45, 2.75) is 13.8 Å². The lowest BCUT2D eigenvalue weighted by Crippen LogP contribution is -2.14. The number of halogens is 2. The smallest absolute Gasteiger partial charge is 0.352 e. The van der Waals surface area contributed by atoms with Crippen molar-refractivity contribution in [2.75, 3.05) is 5.32 Å². The van der Waals surface area contributed by atoms with Crippen LogP contribution in [0.25, 0.3) is 0 Å². The SMILES string of the molecule is Cc1[nH]c(C(=O)O)c(C)c1C(=O)Nc1cc(F)ccc1Br. The number of nitrogens with one attached hydrogen (secondary N) is 2. The highest BCUT2D eigenvalue weighted by atomic mass is 79.9. The van der Waals surface area contributed by atoms with Gasteiger partial charge in [0.05, 0.1) is 11.3 Å². The number of aromatic carboxylic acids is 1. The number of hydrogen-bond acceptors (Lipinski definition) is 2. The molecule has 110 valence electrons. The van der Waals surface area contributed by atoms with Gasteiger partial charge >= 0.3 is 5.97 Å². The number of carboxylic acids is 1.